The van der Waals surface area contributed by atoms with E-state index in [0.717, 1.165) is 22.5 Å². The number of nitriles is 1. The van der Waals surface area contributed by atoms with Crippen molar-refractivity contribution in [1.82, 2.24) is 19.8 Å². The first kappa shape index (κ1) is 33.0. The highest BCUT2D eigenvalue weighted by molar-refractivity contribution is 7.80. The third-order valence-corrected chi connectivity index (χ3v) is 8.60. The maximum Gasteiger partial charge on any atom is 0.226 e. The topological polar surface area (TPSA) is 86.0 Å². The van der Waals surface area contributed by atoms with Gasteiger partial charge in [0.2, 0.25) is 5.91 Å². The zero-order valence-electron chi connectivity index (χ0n) is 25.1. The number of hydrogen-bond acceptors (Lipinski definition) is 4. The van der Waals surface area contributed by atoms with Crippen LogP contribution < -0.4 is 10.6 Å². The van der Waals surface area contributed by atoms with E-state index in [4.69, 9.17) is 40.7 Å². The number of halogens is 2. The van der Waals surface area contributed by atoms with Crippen LogP contribution in [0.5, 0.6) is 0 Å². The number of anilines is 1. The Balaban J connectivity index is 1.45. The van der Waals surface area contributed by atoms with Gasteiger partial charge in [0.1, 0.15) is 0 Å². The van der Waals surface area contributed by atoms with Gasteiger partial charge in [-0.15, -0.1) is 0 Å². The third kappa shape index (κ3) is 9.06. The van der Waals surface area contributed by atoms with Gasteiger partial charge in [-0.05, 0) is 71.6 Å². The van der Waals surface area contributed by atoms with Gasteiger partial charge in [-0.2, -0.15) is 5.26 Å². The van der Waals surface area contributed by atoms with Crippen LogP contribution in [0.15, 0.2) is 79.3 Å². The monoisotopic (exact) mass is 646 g/mol. The van der Waals surface area contributed by atoms with Crippen molar-refractivity contribution in [3.8, 4) is 6.07 Å². The quantitative estimate of drug-likeness (QED) is 0.154. The molecule has 1 heterocycles. The van der Waals surface area contributed by atoms with Gasteiger partial charge in [-0.3, -0.25) is 4.79 Å². The zero-order valence-corrected chi connectivity index (χ0v) is 27.4. The lowest BCUT2D eigenvalue weighted by Gasteiger charge is -2.30. The van der Waals surface area contributed by atoms with E-state index >= 15 is 0 Å². The molecule has 1 aromatic heterocycles. The lowest BCUT2D eigenvalue weighted by atomic mass is 10.0. The van der Waals surface area contributed by atoms with Gasteiger partial charge in [0.15, 0.2) is 5.11 Å². The highest BCUT2D eigenvalue weighted by Gasteiger charge is 2.20. The SMILES string of the molecule is CC[C@@H](CN(Cc1cccc(Cl)c1Cl)C(=S)Nc1ccc(C(C)C)cc1)NC(=O)Cc1cncn1Cc1ccc(C#N)cc1. The van der Waals surface area contributed by atoms with Gasteiger partial charge in [0, 0.05) is 43.3 Å². The van der Waals surface area contributed by atoms with Crippen molar-refractivity contribution < 1.29 is 4.79 Å². The average molecular weight is 648 g/mol. The minimum absolute atomic E-state index is 0.109. The molecule has 0 aliphatic carbocycles. The number of carbonyl (C=O) groups is 1. The second-order valence-electron chi connectivity index (χ2n) is 11.0. The Labute approximate surface area is 274 Å². The third-order valence-electron chi connectivity index (χ3n) is 7.38. The molecule has 0 bridgehead atoms. The van der Waals surface area contributed by atoms with Gasteiger partial charge < -0.3 is 20.1 Å². The summed E-state index contributed by atoms with van der Waals surface area (Å²) in [6.45, 7) is 7.78. The van der Waals surface area contributed by atoms with Crippen molar-refractivity contribution >= 4 is 52.1 Å². The molecule has 0 fully saturated rings. The molecule has 3 aromatic carbocycles. The van der Waals surface area contributed by atoms with Crippen molar-refractivity contribution in [2.75, 3.05) is 11.9 Å². The number of benzene rings is 3. The van der Waals surface area contributed by atoms with E-state index in [1.54, 1.807) is 30.7 Å². The number of nitrogens with one attached hydrogen (secondary N) is 2. The molecule has 0 saturated heterocycles. The molecule has 4 rings (SSSR count). The lowest BCUT2D eigenvalue weighted by Crippen LogP contribution is -2.47. The largest absolute Gasteiger partial charge is 0.351 e. The highest BCUT2D eigenvalue weighted by atomic mass is 35.5. The van der Waals surface area contributed by atoms with Crippen LogP contribution in [0.25, 0.3) is 0 Å². The Morgan fingerprint density at radius 3 is 2.48 bits per heavy atom. The molecule has 4 aromatic rings. The molecule has 44 heavy (non-hydrogen) atoms. The van der Waals surface area contributed by atoms with E-state index < -0.39 is 0 Å². The number of thiocarbonyl (C=S) groups is 1. The number of aromatic nitrogens is 2. The van der Waals surface area contributed by atoms with E-state index in [1.807, 2.05) is 52.8 Å². The van der Waals surface area contributed by atoms with Gasteiger partial charge in [-0.25, -0.2) is 4.98 Å². The van der Waals surface area contributed by atoms with Gasteiger partial charge >= 0.3 is 0 Å². The van der Waals surface area contributed by atoms with E-state index in [0.29, 0.717) is 52.7 Å². The van der Waals surface area contributed by atoms with Crippen molar-refractivity contribution in [2.24, 2.45) is 0 Å². The van der Waals surface area contributed by atoms with Gasteiger partial charge in [-0.1, -0.05) is 80.4 Å². The summed E-state index contributed by atoms with van der Waals surface area (Å²) >= 11 is 18.8. The van der Waals surface area contributed by atoms with Gasteiger partial charge in [0.25, 0.3) is 0 Å². The average Bonchev–Trinajstić information content (AvgIpc) is 3.44. The summed E-state index contributed by atoms with van der Waals surface area (Å²) in [6.07, 6.45) is 4.30. The fourth-order valence-electron chi connectivity index (χ4n) is 4.75. The molecule has 0 unspecified atom stereocenters. The minimum Gasteiger partial charge on any atom is -0.351 e. The van der Waals surface area contributed by atoms with Crippen LogP contribution in [0, 0.1) is 11.3 Å². The molecule has 0 aliphatic heterocycles. The second kappa shape index (κ2) is 15.7. The number of imidazole rings is 1. The van der Waals surface area contributed by atoms with E-state index in [1.165, 1.54) is 5.56 Å². The first-order chi connectivity index (χ1) is 21.2. The summed E-state index contributed by atoms with van der Waals surface area (Å²) in [5, 5.41) is 17.1. The Hall–Kier alpha value is -3.90. The van der Waals surface area contributed by atoms with Crippen molar-refractivity contribution in [1.29, 1.82) is 5.26 Å². The van der Waals surface area contributed by atoms with Crippen molar-refractivity contribution in [2.45, 2.75) is 58.7 Å². The highest BCUT2D eigenvalue weighted by Crippen LogP contribution is 2.27. The summed E-state index contributed by atoms with van der Waals surface area (Å²) in [5.74, 6) is 0.323. The predicted octanol–water partition coefficient (Wildman–Crippen LogP) is 7.57. The van der Waals surface area contributed by atoms with Crippen LogP contribution in [0.3, 0.4) is 0 Å². The van der Waals surface area contributed by atoms with Crippen LogP contribution in [0.4, 0.5) is 5.69 Å². The van der Waals surface area contributed by atoms with Crippen molar-refractivity contribution in [3.63, 3.8) is 0 Å². The summed E-state index contributed by atoms with van der Waals surface area (Å²) in [7, 11) is 0. The molecule has 0 radical (unpaired) electrons. The fourth-order valence-corrected chi connectivity index (χ4v) is 5.39. The van der Waals surface area contributed by atoms with Crippen LogP contribution >= 0.6 is 35.4 Å². The number of hydrogen-bond donors (Lipinski definition) is 2. The smallest absolute Gasteiger partial charge is 0.226 e. The Bertz CT molecular complexity index is 1610. The predicted molar refractivity (Wildman–Crippen MR) is 182 cm³/mol. The summed E-state index contributed by atoms with van der Waals surface area (Å²) in [5.41, 5.74) is 5.39. The Morgan fingerprint density at radius 1 is 1.09 bits per heavy atom. The Morgan fingerprint density at radius 2 is 1.82 bits per heavy atom. The first-order valence-corrected chi connectivity index (χ1v) is 15.7. The number of carbonyl (C=O) groups excluding carboxylic acids is 1. The molecule has 228 valence electrons. The van der Waals surface area contributed by atoms with E-state index in [-0.39, 0.29) is 18.4 Å². The van der Waals surface area contributed by atoms with Crippen LogP contribution in [0.2, 0.25) is 10.0 Å². The zero-order chi connectivity index (χ0) is 31.6. The summed E-state index contributed by atoms with van der Waals surface area (Å²) in [4.78, 5) is 19.5. The van der Waals surface area contributed by atoms with Crippen LogP contribution in [0.1, 0.15) is 61.1 Å². The van der Waals surface area contributed by atoms with E-state index in [9.17, 15) is 4.79 Å². The fraction of sp³-hybridized carbons (Fsp3) is 0.294. The molecule has 10 heteroatoms. The standard InChI is InChI=1S/C34H36Cl2N6OS/c1-4-28(39-32(43)16-30-18-38-22-42(30)19-25-10-8-24(17-37)9-11-25)21-41(20-27-6-5-7-31(35)33(27)36)34(44)40-29-14-12-26(13-15-29)23(2)3/h5-15,18,22-23,28H,4,16,19-21H2,1-3H3,(H,39,43)(H,40,44)/t28-/m0/s1. The van der Waals surface area contributed by atoms with E-state index in [2.05, 4.69) is 47.7 Å². The lowest BCUT2D eigenvalue weighted by molar-refractivity contribution is -0.121. The molecular formula is C34H36Cl2N6OS. The second-order valence-corrected chi connectivity index (χ2v) is 12.1. The minimum atomic E-state index is -0.182. The number of rotatable bonds is 12. The van der Waals surface area contributed by atoms with Crippen LogP contribution in [-0.2, 0) is 24.3 Å². The molecule has 1 atom stereocenters. The number of amides is 1. The maximum atomic E-state index is 13.3. The molecule has 2 N–H and O–H groups in total. The summed E-state index contributed by atoms with van der Waals surface area (Å²) in [6, 6.07) is 23.1. The molecule has 0 spiro atoms. The summed E-state index contributed by atoms with van der Waals surface area (Å²) < 4.78 is 1.94. The van der Waals surface area contributed by atoms with Crippen LogP contribution in [-0.4, -0.2) is 38.1 Å². The molecule has 1 amide bonds. The van der Waals surface area contributed by atoms with Crippen molar-refractivity contribution in [3.05, 3.63) is 117 Å². The maximum absolute atomic E-state index is 13.3. The normalized spacial score (nSPS) is 11.6. The molecule has 7 nitrogen and oxygen atoms in total. The number of nitrogens with zero attached hydrogens (tertiary/aromatic N) is 4. The first-order valence-electron chi connectivity index (χ1n) is 14.5. The molecule has 0 aliphatic rings. The molecule has 0 saturated carbocycles. The molecular weight excluding hydrogens is 611 g/mol. The Kier molecular flexibility index (Phi) is 11.8. The van der Waals surface area contributed by atoms with Gasteiger partial charge in [0.05, 0.1) is 34.4 Å².